The zero-order valence-corrected chi connectivity index (χ0v) is 14.4. The largest absolute Gasteiger partial charge is 0.326 e. The predicted molar refractivity (Wildman–Crippen MR) is 90.7 cm³/mol. The van der Waals surface area contributed by atoms with E-state index in [0.29, 0.717) is 25.2 Å². The molecule has 22 heavy (non-hydrogen) atoms. The lowest BCUT2D eigenvalue weighted by molar-refractivity contribution is -0.115. The Kier molecular flexibility index (Phi) is 6.28. The number of hydrogen-bond donors (Lipinski definition) is 1. The first kappa shape index (κ1) is 17.3. The number of anilines is 1. The van der Waals surface area contributed by atoms with Gasteiger partial charge in [0.2, 0.25) is 15.9 Å². The summed E-state index contributed by atoms with van der Waals surface area (Å²) in [7, 11) is -3.46. The highest BCUT2D eigenvalue weighted by atomic mass is 32.2. The Bertz CT molecular complexity index is 611. The Morgan fingerprint density at radius 2 is 2.00 bits per heavy atom. The van der Waals surface area contributed by atoms with Gasteiger partial charge in [-0.15, -0.1) is 0 Å². The van der Waals surface area contributed by atoms with Gasteiger partial charge in [-0.3, -0.25) is 4.79 Å². The summed E-state index contributed by atoms with van der Waals surface area (Å²) in [5.41, 5.74) is 0.532. The van der Waals surface area contributed by atoms with E-state index in [1.807, 2.05) is 6.26 Å². The molecule has 0 aromatic heterocycles. The van der Waals surface area contributed by atoms with Gasteiger partial charge in [0.15, 0.2) is 0 Å². The summed E-state index contributed by atoms with van der Waals surface area (Å²) in [6.45, 7) is 1.15. The number of rotatable bonds is 6. The number of piperidine rings is 1. The fraction of sp³-hybridized carbons (Fsp3) is 0.533. The minimum atomic E-state index is -3.46. The lowest BCUT2D eigenvalue weighted by Crippen LogP contribution is -2.35. The predicted octanol–water partition coefficient (Wildman–Crippen LogP) is 2.55. The topological polar surface area (TPSA) is 66.5 Å². The summed E-state index contributed by atoms with van der Waals surface area (Å²) in [5, 5.41) is 2.76. The molecule has 0 atom stereocenters. The number of thioether (sulfide) groups is 1. The normalized spacial score (nSPS) is 16.4. The van der Waals surface area contributed by atoms with Crippen LogP contribution in [-0.2, 0) is 14.8 Å². The first-order chi connectivity index (χ1) is 10.5. The standard InChI is InChI=1S/C15H22N2O3S2/c1-21-11-8-15(18)16-13-6-5-7-14(12-13)22(19,20)17-9-3-2-4-10-17/h5-7,12H,2-4,8-11H2,1H3,(H,16,18). The summed E-state index contributed by atoms with van der Waals surface area (Å²) in [4.78, 5) is 12.0. The maximum Gasteiger partial charge on any atom is 0.243 e. The van der Waals surface area contributed by atoms with Gasteiger partial charge in [0.1, 0.15) is 0 Å². The van der Waals surface area contributed by atoms with Gasteiger partial charge in [-0.1, -0.05) is 12.5 Å². The van der Waals surface area contributed by atoms with Crippen molar-refractivity contribution in [3.8, 4) is 0 Å². The van der Waals surface area contributed by atoms with Crippen molar-refractivity contribution in [2.24, 2.45) is 0 Å². The van der Waals surface area contributed by atoms with Gasteiger partial charge in [0, 0.05) is 31.0 Å². The number of sulfonamides is 1. The summed E-state index contributed by atoms with van der Waals surface area (Å²) in [5.74, 6) is 0.652. The van der Waals surface area contributed by atoms with E-state index < -0.39 is 10.0 Å². The molecule has 2 rings (SSSR count). The van der Waals surface area contributed by atoms with Crippen molar-refractivity contribution in [3.63, 3.8) is 0 Å². The summed E-state index contributed by atoms with van der Waals surface area (Å²) >= 11 is 1.60. The molecular formula is C15H22N2O3S2. The lowest BCUT2D eigenvalue weighted by Gasteiger charge is -2.26. The number of benzene rings is 1. The monoisotopic (exact) mass is 342 g/mol. The lowest BCUT2D eigenvalue weighted by atomic mass is 10.2. The Morgan fingerprint density at radius 3 is 2.68 bits per heavy atom. The number of nitrogens with zero attached hydrogens (tertiary/aromatic N) is 1. The van der Waals surface area contributed by atoms with Crippen molar-refractivity contribution in [1.29, 1.82) is 0 Å². The molecule has 1 saturated heterocycles. The van der Waals surface area contributed by atoms with E-state index in [-0.39, 0.29) is 10.8 Å². The molecule has 1 aromatic rings. The van der Waals surface area contributed by atoms with Crippen LogP contribution in [0.25, 0.3) is 0 Å². The van der Waals surface area contributed by atoms with Crippen molar-refractivity contribution in [3.05, 3.63) is 24.3 Å². The highest BCUT2D eigenvalue weighted by molar-refractivity contribution is 7.98. The maximum absolute atomic E-state index is 12.6. The minimum Gasteiger partial charge on any atom is -0.326 e. The molecule has 0 spiro atoms. The highest BCUT2D eigenvalue weighted by Crippen LogP contribution is 2.22. The molecule has 1 aliphatic rings. The van der Waals surface area contributed by atoms with Crippen LogP contribution in [0.15, 0.2) is 29.2 Å². The minimum absolute atomic E-state index is 0.0955. The molecule has 5 nitrogen and oxygen atoms in total. The molecule has 0 radical (unpaired) electrons. The molecule has 0 aliphatic carbocycles. The van der Waals surface area contributed by atoms with Gasteiger partial charge in [-0.2, -0.15) is 16.1 Å². The molecule has 1 heterocycles. The third-order valence-electron chi connectivity index (χ3n) is 3.60. The van der Waals surface area contributed by atoms with Crippen LogP contribution in [0.1, 0.15) is 25.7 Å². The van der Waals surface area contributed by atoms with Crippen LogP contribution in [-0.4, -0.2) is 43.7 Å². The van der Waals surface area contributed by atoms with E-state index in [2.05, 4.69) is 5.32 Å². The molecule has 1 N–H and O–H groups in total. The van der Waals surface area contributed by atoms with Crippen LogP contribution in [0.3, 0.4) is 0 Å². The molecule has 1 fully saturated rings. The van der Waals surface area contributed by atoms with Crippen LogP contribution < -0.4 is 5.32 Å². The highest BCUT2D eigenvalue weighted by Gasteiger charge is 2.26. The van der Waals surface area contributed by atoms with E-state index in [9.17, 15) is 13.2 Å². The molecule has 7 heteroatoms. The van der Waals surface area contributed by atoms with Crippen molar-refractivity contribution >= 4 is 33.4 Å². The second-order valence-corrected chi connectivity index (χ2v) is 8.21. The van der Waals surface area contributed by atoms with Crippen LogP contribution in [0.5, 0.6) is 0 Å². The SMILES string of the molecule is CSCCC(=O)Nc1cccc(S(=O)(=O)N2CCCCC2)c1. The van der Waals surface area contributed by atoms with E-state index in [1.54, 1.807) is 36.0 Å². The maximum atomic E-state index is 12.6. The fourth-order valence-electron chi connectivity index (χ4n) is 2.41. The molecule has 0 saturated carbocycles. The van der Waals surface area contributed by atoms with Crippen LogP contribution in [0.2, 0.25) is 0 Å². The van der Waals surface area contributed by atoms with Crippen LogP contribution in [0, 0.1) is 0 Å². The molecular weight excluding hydrogens is 320 g/mol. The van der Waals surface area contributed by atoms with E-state index >= 15 is 0 Å². The Hall–Kier alpha value is -1.05. The Labute approximate surface area is 136 Å². The van der Waals surface area contributed by atoms with E-state index in [1.165, 1.54) is 4.31 Å². The number of nitrogens with one attached hydrogen (secondary N) is 1. The summed E-state index contributed by atoms with van der Waals surface area (Å²) in [6.07, 6.45) is 5.26. The van der Waals surface area contributed by atoms with E-state index in [4.69, 9.17) is 0 Å². The first-order valence-electron chi connectivity index (χ1n) is 7.43. The summed E-state index contributed by atoms with van der Waals surface area (Å²) < 4.78 is 26.7. The van der Waals surface area contributed by atoms with Gasteiger partial charge in [0.05, 0.1) is 4.90 Å². The van der Waals surface area contributed by atoms with Crippen molar-refractivity contribution < 1.29 is 13.2 Å². The second kappa shape index (κ2) is 7.99. The second-order valence-electron chi connectivity index (χ2n) is 5.28. The van der Waals surface area contributed by atoms with Crippen LogP contribution >= 0.6 is 11.8 Å². The molecule has 1 amide bonds. The zero-order chi connectivity index (χ0) is 16.0. The fourth-order valence-corrected chi connectivity index (χ4v) is 4.36. The molecule has 0 bridgehead atoms. The number of hydrogen-bond acceptors (Lipinski definition) is 4. The van der Waals surface area contributed by atoms with Crippen molar-refractivity contribution in [1.82, 2.24) is 4.31 Å². The molecule has 1 aromatic carbocycles. The zero-order valence-electron chi connectivity index (χ0n) is 12.7. The Balaban J connectivity index is 2.11. The van der Waals surface area contributed by atoms with Crippen molar-refractivity contribution in [2.45, 2.75) is 30.6 Å². The molecule has 1 aliphatic heterocycles. The van der Waals surface area contributed by atoms with E-state index in [0.717, 1.165) is 25.0 Å². The number of amides is 1. The van der Waals surface area contributed by atoms with Gasteiger partial charge in [-0.05, 0) is 37.3 Å². The number of carbonyl (C=O) groups is 1. The third-order valence-corrected chi connectivity index (χ3v) is 6.11. The molecule has 122 valence electrons. The first-order valence-corrected chi connectivity index (χ1v) is 10.3. The van der Waals surface area contributed by atoms with Gasteiger partial charge >= 0.3 is 0 Å². The average molecular weight is 342 g/mol. The smallest absolute Gasteiger partial charge is 0.243 e. The van der Waals surface area contributed by atoms with Gasteiger partial charge in [-0.25, -0.2) is 8.42 Å². The summed E-state index contributed by atoms with van der Waals surface area (Å²) in [6, 6.07) is 6.51. The quantitative estimate of drug-likeness (QED) is 0.863. The van der Waals surface area contributed by atoms with Gasteiger partial charge < -0.3 is 5.32 Å². The van der Waals surface area contributed by atoms with Crippen LogP contribution in [0.4, 0.5) is 5.69 Å². The third kappa shape index (κ3) is 4.47. The average Bonchev–Trinajstić information content (AvgIpc) is 2.54. The molecule has 0 unspecified atom stereocenters. The number of carbonyl (C=O) groups excluding carboxylic acids is 1. The van der Waals surface area contributed by atoms with Gasteiger partial charge in [0.25, 0.3) is 0 Å². The Morgan fingerprint density at radius 1 is 1.27 bits per heavy atom. The van der Waals surface area contributed by atoms with Crippen molar-refractivity contribution in [2.75, 3.05) is 30.4 Å².